The maximum atomic E-state index is 13.2. The van der Waals surface area contributed by atoms with Crippen LogP contribution in [0.15, 0.2) is 54.6 Å². The Kier molecular flexibility index (Phi) is 5.85. The Morgan fingerprint density at radius 1 is 1.11 bits per heavy atom. The van der Waals surface area contributed by atoms with Gasteiger partial charge >= 0.3 is 6.18 Å². The number of likely N-dealkylation sites (N-methyl/N-ethyl adjacent to an activating group) is 1. The van der Waals surface area contributed by atoms with Crippen LogP contribution < -0.4 is 0 Å². The largest absolute Gasteiger partial charge is 0.417 e. The van der Waals surface area contributed by atoms with Gasteiger partial charge in [0.05, 0.1) is 11.1 Å². The number of alkyl halides is 3. The molecule has 1 unspecified atom stereocenters. The van der Waals surface area contributed by atoms with Gasteiger partial charge in [-0.05, 0) is 37.6 Å². The molecule has 2 aromatic carbocycles. The highest BCUT2D eigenvalue weighted by Gasteiger charge is 2.37. The third kappa shape index (κ3) is 4.69. The second-order valence-electron chi connectivity index (χ2n) is 6.99. The minimum atomic E-state index is -4.54. The number of benzene rings is 2. The summed E-state index contributed by atoms with van der Waals surface area (Å²) in [5.41, 5.74) is 0.0389. The van der Waals surface area contributed by atoms with Crippen LogP contribution >= 0.6 is 0 Å². The first-order valence-corrected chi connectivity index (χ1v) is 9.06. The highest BCUT2D eigenvalue weighted by atomic mass is 19.4. The van der Waals surface area contributed by atoms with Crippen molar-refractivity contribution in [1.82, 2.24) is 9.80 Å². The molecule has 0 saturated carbocycles. The number of likely N-dealkylation sites (tertiary alicyclic amines) is 1. The first-order chi connectivity index (χ1) is 12.9. The maximum Gasteiger partial charge on any atom is 0.417 e. The van der Waals surface area contributed by atoms with E-state index < -0.39 is 17.6 Å². The first-order valence-electron chi connectivity index (χ1n) is 9.06. The lowest BCUT2D eigenvalue weighted by Crippen LogP contribution is -2.48. The van der Waals surface area contributed by atoms with Gasteiger partial charge in [-0.25, -0.2) is 0 Å². The molecular formula is C21H23F3N2O. The molecule has 1 amide bonds. The second-order valence-corrected chi connectivity index (χ2v) is 6.99. The molecule has 3 nitrogen and oxygen atoms in total. The van der Waals surface area contributed by atoms with E-state index in [9.17, 15) is 18.0 Å². The van der Waals surface area contributed by atoms with Gasteiger partial charge in [0.2, 0.25) is 0 Å². The highest BCUT2D eigenvalue weighted by Crippen LogP contribution is 2.33. The maximum absolute atomic E-state index is 13.2. The molecule has 1 heterocycles. The molecule has 1 atom stereocenters. The number of hydrogen-bond donors (Lipinski definition) is 0. The number of piperidine rings is 1. The van der Waals surface area contributed by atoms with E-state index in [0.717, 1.165) is 25.5 Å². The zero-order valence-electron chi connectivity index (χ0n) is 15.2. The number of carbonyl (C=O) groups excluding carboxylic acids is 1. The van der Waals surface area contributed by atoms with E-state index in [1.165, 1.54) is 23.8 Å². The summed E-state index contributed by atoms with van der Waals surface area (Å²) in [6.07, 6.45) is -2.83. The van der Waals surface area contributed by atoms with E-state index in [4.69, 9.17) is 0 Å². The summed E-state index contributed by atoms with van der Waals surface area (Å²) in [6, 6.07) is 15.2. The van der Waals surface area contributed by atoms with E-state index in [0.29, 0.717) is 13.1 Å². The molecule has 0 aromatic heterocycles. The van der Waals surface area contributed by atoms with E-state index in [1.807, 2.05) is 37.4 Å². The molecular weight excluding hydrogens is 353 g/mol. The van der Waals surface area contributed by atoms with Crippen molar-refractivity contribution < 1.29 is 18.0 Å². The van der Waals surface area contributed by atoms with Gasteiger partial charge in [-0.2, -0.15) is 13.2 Å². The van der Waals surface area contributed by atoms with Gasteiger partial charge in [-0.1, -0.05) is 42.5 Å². The summed E-state index contributed by atoms with van der Waals surface area (Å²) < 4.78 is 39.7. The summed E-state index contributed by atoms with van der Waals surface area (Å²) in [5.74, 6) is -0.541. The Bertz CT molecular complexity index is 776. The molecule has 1 fully saturated rings. The normalized spacial score (nSPS) is 18.0. The van der Waals surface area contributed by atoms with Gasteiger partial charge < -0.3 is 4.90 Å². The topological polar surface area (TPSA) is 23.6 Å². The quantitative estimate of drug-likeness (QED) is 0.788. The zero-order valence-corrected chi connectivity index (χ0v) is 15.2. The molecule has 0 radical (unpaired) electrons. The number of hydrogen-bond acceptors (Lipinski definition) is 2. The lowest BCUT2D eigenvalue weighted by Gasteiger charge is -2.38. The molecule has 0 N–H and O–H groups in total. The number of carbonyl (C=O) groups is 1. The number of amides is 1. The van der Waals surface area contributed by atoms with Crippen LogP contribution in [-0.4, -0.2) is 41.9 Å². The average Bonchev–Trinajstić information content (AvgIpc) is 2.67. The Balaban J connectivity index is 1.72. The molecule has 1 saturated heterocycles. The fraction of sp³-hybridized carbons (Fsp3) is 0.381. The van der Waals surface area contributed by atoms with E-state index >= 15 is 0 Å². The van der Waals surface area contributed by atoms with Gasteiger partial charge in [-0.3, -0.25) is 9.69 Å². The van der Waals surface area contributed by atoms with Crippen molar-refractivity contribution in [3.63, 3.8) is 0 Å². The van der Waals surface area contributed by atoms with Crippen molar-refractivity contribution in [2.75, 3.05) is 20.1 Å². The molecule has 2 aromatic rings. The highest BCUT2D eigenvalue weighted by molar-refractivity contribution is 5.96. The minimum Gasteiger partial charge on any atom is -0.337 e. The van der Waals surface area contributed by atoms with Crippen LogP contribution in [0.5, 0.6) is 0 Å². The predicted octanol–water partition coefficient (Wildman–Crippen LogP) is 4.44. The van der Waals surface area contributed by atoms with Crippen LogP contribution in [0, 0.1) is 0 Å². The minimum absolute atomic E-state index is 0.126. The SMILES string of the molecule is CN(Cc1ccccc1)C1CCCN(C(=O)c2ccccc2C(F)(F)F)C1. The van der Waals surface area contributed by atoms with Crippen LogP contribution in [0.3, 0.4) is 0 Å². The Labute approximate surface area is 157 Å². The van der Waals surface area contributed by atoms with Gasteiger partial charge in [0.15, 0.2) is 0 Å². The molecule has 6 heteroatoms. The summed E-state index contributed by atoms with van der Waals surface area (Å²) >= 11 is 0. The monoisotopic (exact) mass is 376 g/mol. The van der Waals surface area contributed by atoms with Crippen molar-refractivity contribution in [2.24, 2.45) is 0 Å². The molecule has 0 bridgehead atoms. The molecule has 27 heavy (non-hydrogen) atoms. The fourth-order valence-electron chi connectivity index (χ4n) is 3.59. The van der Waals surface area contributed by atoms with Gasteiger partial charge in [0.1, 0.15) is 0 Å². The summed E-state index contributed by atoms with van der Waals surface area (Å²) in [7, 11) is 2.00. The number of rotatable bonds is 4. The van der Waals surface area contributed by atoms with Crippen LogP contribution in [0.1, 0.15) is 34.3 Å². The summed E-state index contributed by atoms with van der Waals surface area (Å²) in [5, 5.41) is 0. The Hall–Kier alpha value is -2.34. The third-order valence-corrected chi connectivity index (χ3v) is 5.04. The van der Waals surface area contributed by atoms with Crippen molar-refractivity contribution in [3.05, 3.63) is 71.3 Å². The fourth-order valence-corrected chi connectivity index (χ4v) is 3.59. The van der Waals surface area contributed by atoms with Gasteiger partial charge in [0.25, 0.3) is 5.91 Å². The number of nitrogens with zero attached hydrogens (tertiary/aromatic N) is 2. The average molecular weight is 376 g/mol. The van der Waals surface area contributed by atoms with Gasteiger partial charge in [0, 0.05) is 25.7 Å². The first kappa shape index (κ1) is 19.4. The predicted molar refractivity (Wildman–Crippen MR) is 98.3 cm³/mol. The van der Waals surface area contributed by atoms with E-state index in [-0.39, 0.29) is 11.6 Å². The van der Waals surface area contributed by atoms with Crippen molar-refractivity contribution in [2.45, 2.75) is 31.6 Å². The lowest BCUT2D eigenvalue weighted by molar-refractivity contribution is -0.138. The zero-order chi connectivity index (χ0) is 19.4. The van der Waals surface area contributed by atoms with E-state index in [2.05, 4.69) is 4.90 Å². The molecule has 0 aliphatic carbocycles. The third-order valence-electron chi connectivity index (χ3n) is 5.04. The van der Waals surface area contributed by atoms with Crippen LogP contribution in [0.25, 0.3) is 0 Å². The molecule has 3 rings (SSSR count). The Morgan fingerprint density at radius 3 is 2.48 bits per heavy atom. The van der Waals surface area contributed by atoms with Crippen LogP contribution in [0.4, 0.5) is 13.2 Å². The molecule has 1 aliphatic heterocycles. The van der Waals surface area contributed by atoms with Crippen molar-refractivity contribution >= 4 is 5.91 Å². The van der Waals surface area contributed by atoms with Crippen LogP contribution in [-0.2, 0) is 12.7 Å². The van der Waals surface area contributed by atoms with Crippen molar-refractivity contribution in [1.29, 1.82) is 0 Å². The Morgan fingerprint density at radius 2 is 1.78 bits per heavy atom. The summed E-state index contributed by atoms with van der Waals surface area (Å²) in [4.78, 5) is 16.5. The summed E-state index contributed by atoms with van der Waals surface area (Å²) in [6.45, 7) is 1.67. The second kappa shape index (κ2) is 8.13. The molecule has 144 valence electrons. The molecule has 0 spiro atoms. The standard InChI is InChI=1S/C21H23F3N2O/c1-25(14-16-8-3-2-4-9-16)17-10-7-13-26(15-17)20(27)18-11-5-6-12-19(18)21(22,23)24/h2-6,8-9,11-12,17H,7,10,13-15H2,1H3. The smallest absolute Gasteiger partial charge is 0.337 e. The van der Waals surface area contributed by atoms with E-state index in [1.54, 1.807) is 4.90 Å². The molecule has 1 aliphatic rings. The van der Waals surface area contributed by atoms with Crippen molar-refractivity contribution in [3.8, 4) is 0 Å². The number of halogens is 3. The van der Waals surface area contributed by atoms with Crippen LogP contribution in [0.2, 0.25) is 0 Å². The lowest BCUT2D eigenvalue weighted by atomic mass is 10.0. The van der Waals surface area contributed by atoms with Gasteiger partial charge in [-0.15, -0.1) is 0 Å².